The van der Waals surface area contributed by atoms with Gasteiger partial charge in [-0.3, -0.25) is 9.52 Å². The molecule has 0 aliphatic rings. The Kier molecular flexibility index (Phi) is 6.14. The Balaban J connectivity index is 2.80. The summed E-state index contributed by atoms with van der Waals surface area (Å²) in [5, 5.41) is 8.53. The number of sulfonamides is 1. The van der Waals surface area contributed by atoms with Crippen molar-refractivity contribution in [3.8, 4) is 11.8 Å². The molecule has 2 N–H and O–H groups in total. The summed E-state index contributed by atoms with van der Waals surface area (Å²) in [5.74, 6) is 2.86. The van der Waals surface area contributed by atoms with Crippen molar-refractivity contribution in [2.24, 2.45) is 0 Å². The fraction of sp³-hybridized carbons (Fsp3) is 0.308. The summed E-state index contributed by atoms with van der Waals surface area (Å²) in [4.78, 5) is 10.9. The summed E-state index contributed by atoms with van der Waals surface area (Å²) in [7, 11) is -2.71. The summed E-state index contributed by atoms with van der Waals surface area (Å²) in [6, 6.07) is 3.66. The fourth-order valence-electron chi connectivity index (χ4n) is 1.36. The van der Waals surface area contributed by atoms with Gasteiger partial charge in [0.25, 0.3) is 0 Å². The number of rotatable bonds is 5. The molecule has 0 fully saturated rings. The maximum Gasteiger partial charge on any atom is 0.306 e. The summed E-state index contributed by atoms with van der Waals surface area (Å²) in [5.41, 5.74) is 0.0634. The summed E-state index contributed by atoms with van der Waals surface area (Å²) >= 11 is 0. The zero-order chi connectivity index (χ0) is 15.9. The number of methoxy groups -OCH3 is 1. The standard InChI is InChI=1S/C13H14FNO5S/c1-20-13(17)6-8-21(18,19)15-12-5-4-10(3-2-7-16)9-11(12)14/h4-5,9,15-16H,6-8H2,1H3. The highest BCUT2D eigenvalue weighted by molar-refractivity contribution is 7.92. The van der Waals surface area contributed by atoms with Crippen LogP contribution in [0.2, 0.25) is 0 Å². The van der Waals surface area contributed by atoms with Crippen LogP contribution < -0.4 is 4.72 Å². The Morgan fingerprint density at radius 2 is 2.19 bits per heavy atom. The highest BCUT2D eigenvalue weighted by Crippen LogP contribution is 2.17. The number of carbonyl (C=O) groups excluding carboxylic acids is 1. The zero-order valence-electron chi connectivity index (χ0n) is 11.2. The lowest BCUT2D eigenvalue weighted by molar-refractivity contribution is -0.140. The van der Waals surface area contributed by atoms with Gasteiger partial charge in [0.1, 0.15) is 12.4 Å². The highest BCUT2D eigenvalue weighted by Gasteiger charge is 2.15. The van der Waals surface area contributed by atoms with Crippen molar-refractivity contribution in [2.45, 2.75) is 6.42 Å². The van der Waals surface area contributed by atoms with E-state index in [0.717, 1.165) is 13.2 Å². The summed E-state index contributed by atoms with van der Waals surface area (Å²) in [6.45, 7) is -0.358. The Hall–Kier alpha value is -2.11. The van der Waals surface area contributed by atoms with Crippen LogP contribution in [0.4, 0.5) is 10.1 Å². The van der Waals surface area contributed by atoms with Gasteiger partial charge in [0.15, 0.2) is 0 Å². The highest BCUT2D eigenvalue weighted by atomic mass is 32.2. The second kappa shape index (κ2) is 7.61. The van der Waals surface area contributed by atoms with E-state index in [1.54, 1.807) is 0 Å². The molecule has 0 radical (unpaired) electrons. The van der Waals surface area contributed by atoms with Crippen LogP contribution in [0.15, 0.2) is 18.2 Å². The predicted molar refractivity (Wildman–Crippen MR) is 74.4 cm³/mol. The van der Waals surface area contributed by atoms with Crippen molar-refractivity contribution in [2.75, 3.05) is 24.2 Å². The Morgan fingerprint density at radius 1 is 1.48 bits per heavy atom. The number of aliphatic hydroxyl groups is 1. The number of halogens is 1. The molecule has 0 atom stereocenters. The van der Waals surface area contributed by atoms with Crippen LogP contribution in [0, 0.1) is 17.7 Å². The molecule has 0 bridgehead atoms. The molecule has 0 aliphatic heterocycles. The lowest BCUT2D eigenvalue weighted by Crippen LogP contribution is -2.20. The van der Waals surface area contributed by atoms with E-state index in [4.69, 9.17) is 5.11 Å². The van der Waals surface area contributed by atoms with Gasteiger partial charge >= 0.3 is 5.97 Å². The van der Waals surface area contributed by atoms with Crippen LogP contribution in [0.25, 0.3) is 0 Å². The molecule has 0 aromatic heterocycles. The molecular formula is C13H14FNO5S. The molecule has 1 aromatic rings. The van der Waals surface area contributed by atoms with Crippen LogP contribution >= 0.6 is 0 Å². The van der Waals surface area contributed by atoms with E-state index in [9.17, 15) is 17.6 Å². The van der Waals surface area contributed by atoms with E-state index in [-0.39, 0.29) is 18.7 Å². The topological polar surface area (TPSA) is 92.7 Å². The molecule has 1 rings (SSSR count). The maximum atomic E-state index is 13.7. The van der Waals surface area contributed by atoms with Gasteiger partial charge in [0.2, 0.25) is 10.0 Å². The lowest BCUT2D eigenvalue weighted by atomic mass is 10.2. The third kappa shape index (κ3) is 5.81. The molecule has 0 saturated carbocycles. The van der Waals surface area contributed by atoms with E-state index >= 15 is 0 Å². The van der Waals surface area contributed by atoms with Crippen molar-refractivity contribution >= 4 is 21.7 Å². The second-order valence-corrected chi connectivity index (χ2v) is 5.74. The molecule has 6 nitrogen and oxygen atoms in total. The molecule has 1 aromatic carbocycles. The minimum Gasteiger partial charge on any atom is -0.469 e. The average Bonchev–Trinajstić information content (AvgIpc) is 2.45. The number of anilines is 1. The van der Waals surface area contributed by atoms with Crippen molar-refractivity contribution in [1.82, 2.24) is 0 Å². The normalized spacial score (nSPS) is 10.4. The predicted octanol–water partition coefficient (Wildman–Crippen LogP) is 0.474. The molecule has 0 aliphatic carbocycles. The maximum absolute atomic E-state index is 13.7. The molecule has 0 heterocycles. The molecule has 8 heteroatoms. The molecule has 21 heavy (non-hydrogen) atoms. The first kappa shape index (κ1) is 16.9. The molecule has 0 saturated heterocycles. The average molecular weight is 315 g/mol. The van der Waals surface area contributed by atoms with Gasteiger partial charge in [-0.15, -0.1) is 0 Å². The third-order valence-electron chi connectivity index (χ3n) is 2.35. The van der Waals surface area contributed by atoms with Crippen molar-refractivity contribution in [3.63, 3.8) is 0 Å². The number of aliphatic hydroxyl groups excluding tert-OH is 1. The summed E-state index contributed by atoms with van der Waals surface area (Å²) < 4.78 is 43.5. The molecule has 0 amide bonds. The number of carbonyl (C=O) groups is 1. The van der Waals surface area contributed by atoms with Gasteiger partial charge < -0.3 is 9.84 Å². The minimum atomic E-state index is -3.86. The van der Waals surface area contributed by atoms with Gasteiger partial charge in [-0.25, -0.2) is 12.8 Å². The Labute approximate surface area is 122 Å². The van der Waals surface area contributed by atoms with Crippen LogP contribution in [0.1, 0.15) is 12.0 Å². The smallest absolute Gasteiger partial charge is 0.306 e. The van der Waals surface area contributed by atoms with Gasteiger partial charge in [-0.2, -0.15) is 0 Å². The number of benzene rings is 1. The first-order valence-electron chi connectivity index (χ1n) is 5.84. The monoisotopic (exact) mass is 315 g/mol. The molecular weight excluding hydrogens is 301 g/mol. The zero-order valence-corrected chi connectivity index (χ0v) is 12.0. The van der Waals surface area contributed by atoms with E-state index < -0.39 is 27.6 Å². The van der Waals surface area contributed by atoms with Gasteiger partial charge in [-0.1, -0.05) is 11.8 Å². The lowest BCUT2D eigenvalue weighted by Gasteiger charge is -2.08. The quantitative estimate of drug-likeness (QED) is 0.609. The second-order valence-electron chi connectivity index (χ2n) is 3.90. The Morgan fingerprint density at radius 3 is 2.76 bits per heavy atom. The Bertz CT molecular complexity index is 676. The summed E-state index contributed by atoms with van der Waals surface area (Å²) in [6.07, 6.45) is -0.326. The first-order valence-corrected chi connectivity index (χ1v) is 7.50. The third-order valence-corrected chi connectivity index (χ3v) is 3.62. The molecule has 0 unspecified atom stereocenters. The van der Waals surface area contributed by atoms with E-state index in [0.29, 0.717) is 5.56 Å². The largest absolute Gasteiger partial charge is 0.469 e. The van der Waals surface area contributed by atoms with Crippen LogP contribution in [0.3, 0.4) is 0 Å². The van der Waals surface area contributed by atoms with Crippen LogP contribution in [-0.4, -0.2) is 39.0 Å². The number of hydrogen-bond donors (Lipinski definition) is 2. The van der Waals surface area contributed by atoms with Gasteiger partial charge in [0.05, 0.1) is 25.0 Å². The number of esters is 1. The van der Waals surface area contributed by atoms with Crippen LogP contribution in [0.5, 0.6) is 0 Å². The molecule has 0 spiro atoms. The SMILES string of the molecule is COC(=O)CCS(=O)(=O)Nc1ccc(C#CCO)cc1F. The fourth-order valence-corrected chi connectivity index (χ4v) is 2.39. The van der Waals surface area contributed by atoms with E-state index in [1.165, 1.54) is 12.1 Å². The number of hydrogen-bond acceptors (Lipinski definition) is 5. The van der Waals surface area contributed by atoms with Gasteiger partial charge in [-0.05, 0) is 18.2 Å². The number of ether oxygens (including phenoxy) is 1. The number of nitrogens with one attached hydrogen (secondary N) is 1. The van der Waals surface area contributed by atoms with Crippen LogP contribution in [-0.2, 0) is 19.6 Å². The van der Waals surface area contributed by atoms with Gasteiger partial charge in [0, 0.05) is 5.56 Å². The first-order chi connectivity index (χ1) is 9.88. The van der Waals surface area contributed by atoms with Crippen molar-refractivity contribution < 1.29 is 27.4 Å². The molecule has 114 valence electrons. The van der Waals surface area contributed by atoms with E-state index in [1.807, 2.05) is 4.72 Å². The van der Waals surface area contributed by atoms with Crippen molar-refractivity contribution in [1.29, 1.82) is 0 Å². The minimum absolute atomic E-state index is 0.241. The van der Waals surface area contributed by atoms with E-state index in [2.05, 4.69) is 16.6 Å². The van der Waals surface area contributed by atoms with Crippen molar-refractivity contribution in [3.05, 3.63) is 29.6 Å².